The first-order chi connectivity index (χ1) is 8.77. The van der Waals surface area contributed by atoms with Crippen LogP contribution in [0.15, 0.2) is 42.0 Å². The minimum atomic E-state index is -0.134. The van der Waals surface area contributed by atoms with Gasteiger partial charge < -0.3 is 5.73 Å². The average molecular weight is 255 g/mol. The van der Waals surface area contributed by atoms with Crippen LogP contribution in [0, 0.1) is 6.92 Å². The van der Waals surface area contributed by atoms with Crippen LogP contribution in [-0.2, 0) is 0 Å². The van der Waals surface area contributed by atoms with E-state index in [0.29, 0.717) is 0 Å². The lowest BCUT2D eigenvalue weighted by Gasteiger charge is -2.13. The van der Waals surface area contributed by atoms with Gasteiger partial charge in [-0.3, -0.25) is 4.98 Å². The molecule has 0 spiro atoms. The van der Waals surface area contributed by atoms with Crippen LogP contribution in [0.4, 0.5) is 0 Å². The molecule has 1 unspecified atom stereocenters. The van der Waals surface area contributed by atoms with Gasteiger partial charge in [-0.15, -0.1) is 11.3 Å². The molecule has 0 aliphatic carbocycles. The number of hydrogen-bond acceptors (Lipinski definition) is 4. The number of nitrogens with zero attached hydrogens (tertiary/aromatic N) is 2. The molecule has 4 heteroatoms. The number of pyridine rings is 1. The minimum absolute atomic E-state index is 0.134. The second kappa shape index (κ2) is 4.48. The highest BCUT2D eigenvalue weighted by molar-refractivity contribution is 7.09. The van der Waals surface area contributed by atoms with Crippen molar-refractivity contribution < 1.29 is 0 Å². The van der Waals surface area contributed by atoms with Crippen molar-refractivity contribution in [1.29, 1.82) is 0 Å². The molecule has 1 atom stereocenters. The van der Waals surface area contributed by atoms with E-state index in [1.54, 1.807) is 17.5 Å². The average Bonchev–Trinajstić information content (AvgIpc) is 2.83. The fraction of sp³-hybridized carbons (Fsp3) is 0.143. The van der Waals surface area contributed by atoms with E-state index in [1.807, 2.05) is 30.6 Å². The van der Waals surface area contributed by atoms with Gasteiger partial charge in [-0.1, -0.05) is 18.2 Å². The third kappa shape index (κ3) is 1.79. The Bertz CT molecular complexity index is 685. The lowest BCUT2D eigenvalue weighted by molar-refractivity contribution is 0.886. The Morgan fingerprint density at radius 3 is 2.83 bits per heavy atom. The van der Waals surface area contributed by atoms with E-state index in [1.165, 1.54) is 0 Å². The van der Waals surface area contributed by atoms with Crippen molar-refractivity contribution >= 4 is 22.2 Å². The Morgan fingerprint density at radius 2 is 2.06 bits per heavy atom. The third-order valence-electron chi connectivity index (χ3n) is 3.08. The van der Waals surface area contributed by atoms with E-state index >= 15 is 0 Å². The van der Waals surface area contributed by atoms with Crippen LogP contribution in [0.2, 0.25) is 0 Å². The van der Waals surface area contributed by atoms with Gasteiger partial charge in [0.15, 0.2) is 0 Å². The second-order valence-corrected chi connectivity index (χ2v) is 5.08. The number of aryl methyl sites for hydroxylation is 1. The Labute approximate surface area is 109 Å². The predicted molar refractivity (Wildman–Crippen MR) is 74.6 cm³/mol. The molecule has 3 nitrogen and oxygen atoms in total. The molecular weight excluding hydrogens is 242 g/mol. The fourth-order valence-corrected chi connectivity index (χ4v) is 2.97. The summed E-state index contributed by atoms with van der Waals surface area (Å²) >= 11 is 1.60. The molecule has 0 saturated carbocycles. The molecule has 2 aromatic heterocycles. The van der Waals surface area contributed by atoms with Crippen LogP contribution in [0.1, 0.15) is 22.2 Å². The number of benzene rings is 1. The van der Waals surface area contributed by atoms with Crippen LogP contribution in [0.25, 0.3) is 10.9 Å². The molecule has 2 heterocycles. The van der Waals surface area contributed by atoms with Gasteiger partial charge in [-0.05, 0) is 24.6 Å². The van der Waals surface area contributed by atoms with Gasteiger partial charge in [0.1, 0.15) is 0 Å². The molecule has 1 aromatic carbocycles. The van der Waals surface area contributed by atoms with Crippen molar-refractivity contribution in [3.05, 3.63) is 58.2 Å². The predicted octanol–water partition coefficient (Wildman–Crippen LogP) is 3.05. The maximum Gasteiger partial charge on any atom is 0.0798 e. The highest BCUT2D eigenvalue weighted by Gasteiger charge is 2.16. The normalized spacial score (nSPS) is 12.8. The summed E-state index contributed by atoms with van der Waals surface area (Å²) < 4.78 is 0. The molecular formula is C14H13N3S. The lowest BCUT2D eigenvalue weighted by Crippen LogP contribution is -2.12. The van der Waals surface area contributed by atoms with Crippen LogP contribution in [0.3, 0.4) is 0 Å². The number of fused-ring (bicyclic) bond motifs is 1. The highest BCUT2D eigenvalue weighted by atomic mass is 32.1. The Morgan fingerprint density at radius 1 is 1.17 bits per heavy atom. The molecule has 0 amide bonds. The third-order valence-corrected chi connectivity index (χ3v) is 4.09. The monoisotopic (exact) mass is 255 g/mol. The number of aromatic nitrogens is 2. The molecule has 0 aliphatic rings. The van der Waals surface area contributed by atoms with Crippen molar-refractivity contribution in [1.82, 2.24) is 9.97 Å². The van der Waals surface area contributed by atoms with Crippen LogP contribution in [0.5, 0.6) is 0 Å². The summed E-state index contributed by atoms with van der Waals surface area (Å²) in [5.74, 6) is 0. The summed E-state index contributed by atoms with van der Waals surface area (Å²) in [5.41, 5.74) is 11.3. The summed E-state index contributed by atoms with van der Waals surface area (Å²) in [4.78, 5) is 9.74. The van der Waals surface area contributed by atoms with Crippen LogP contribution < -0.4 is 5.73 Å². The molecule has 90 valence electrons. The number of nitrogens with two attached hydrogens (primary N) is 1. The van der Waals surface area contributed by atoms with Gasteiger partial charge in [0.2, 0.25) is 0 Å². The number of thiazole rings is 1. The summed E-state index contributed by atoms with van der Waals surface area (Å²) in [6, 6.07) is 9.94. The van der Waals surface area contributed by atoms with Gasteiger partial charge in [0.25, 0.3) is 0 Å². The van der Waals surface area contributed by atoms with Gasteiger partial charge in [-0.25, -0.2) is 4.98 Å². The van der Waals surface area contributed by atoms with E-state index in [9.17, 15) is 0 Å². The Hall–Kier alpha value is -1.78. The molecule has 0 aliphatic heterocycles. The van der Waals surface area contributed by atoms with Gasteiger partial charge >= 0.3 is 0 Å². The lowest BCUT2D eigenvalue weighted by atomic mass is 10.0. The zero-order chi connectivity index (χ0) is 12.5. The fourth-order valence-electron chi connectivity index (χ4n) is 2.15. The Balaban J connectivity index is 2.18. The summed E-state index contributed by atoms with van der Waals surface area (Å²) in [6.07, 6.45) is 1.80. The summed E-state index contributed by atoms with van der Waals surface area (Å²) in [5, 5.41) is 1.11. The number of rotatable bonds is 2. The minimum Gasteiger partial charge on any atom is -0.320 e. The maximum atomic E-state index is 6.37. The first kappa shape index (κ1) is 11.3. The van der Waals surface area contributed by atoms with Crippen molar-refractivity contribution in [2.75, 3.05) is 0 Å². The molecule has 3 rings (SSSR count). The van der Waals surface area contributed by atoms with E-state index in [0.717, 1.165) is 27.0 Å². The van der Waals surface area contributed by atoms with Crippen LogP contribution >= 0.6 is 11.3 Å². The summed E-state index contributed by atoms with van der Waals surface area (Å²) in [6.45, 7) is 2.00. The zero-order valence-electron chi connectivity index (χ0n) is 10.00. The first-order valence-corrected chi connectivity index (χ1v) is 6.64. The number of hydrogen-bond donors (Lipinski definition) is 1. The van der Waals surface area contributed by atoms with Gasteiger partial charge in [0, 0.05) is 16.5 Å². The van der Waals surface area contributed by atoms with Gasteiger partial charge in [-0.2, -0.15) is 0 Å². The Kier molecular flexibility index (Phi) is 2.81. The van der Waals surface area contributed by atoms with Crippen molar-refractivity contribution in [2.45, 2.75) is 13.0 Å². The molecule has 3 aromatic rings. The quantitative estimate of drug-likeness (QED) is 0.765. The summed E-state index contributed by atoms with van der Waals surface area (Å²) in [7, 11) is 0. The molecule has 0 radical (unpaired) electrons. The van der Waals surface area contributed by atoms with Crippen molar-refractivity contribution in [3.63, 3.8) is 0 Å². The van der Waals surface area contributed by atoms with Crippen molar-refractivity contribution in [2.24, 2.45) is 5.73 Å². The topological polar surface area (TPSA) is 51.8 Å². The van der Waals surface area contributed by atoms with E-state index < -0.39 is 0 Å². The van der Waals surface area contributed by atoms with E-state index in [2.05, 4.69) is 22.1 Å². The SMILES string of the molecule is Cc1ncsc1C(N)c1cccc2ncccc12. The smallest absolute Gasteiger partial charge is 0.0798 e. The standard InChI is InChI=1S/C14H13N3S/c1-9-14(18-8-17-9)13(15)11-4-2-6-12-10(11)5-3-7-16-12/h2-8,13H,15H2,1H3. The van der Waals surface area contributed by atoms with Crippen molar-refractivity contribution in [3.8, 4) is 0 Å². The molecule has 18 heavy (non-hydrogen) atoms. The first-order valence-electron chi connectivity index (χ1n) is 5.76. The van der Waals surface area contributed by atoms with Gasteiger partial charge in [0.05, 0.1) is 22.8 Å². The molecule has 2 N–H and O–H groups in total. The molecule has 0 bridgehead atoms. The second-order valence-electron chi connectivity index (χ2n) is 4.20. The maximum absolute atomic E-state index is 6.37. The van der Waals surface area contributed by atoms with E-state index in [4.69, 9.17) is 5.73 Å². The molecule has 0 fully saturated rings. The molecule has 0 saturated heterocycles. The largest absolute Gasteiger partial charge is 0.320 e. The van der Waals surface area contributed by atoms with E-state index in [-0.39, 0.29) is 6.04 Å². The van der Waals surface area contributed by atoms with Crippen LogP contribution in [-0.4, -0.2) is 9.97 Å². The zero-order valence-corrected chi connectivity index (χ0v) is 10.8. The highest BCUT2D eigenvalue weighted by Crippen LogP contribution is 2.29.